The van der Waals surface area contributed by atoms with E-state index in [2.05, 4.69) is 8.75 Å². The van der Waals surface area contributed by atoms with E-state index in [1.54, 1.807) is 0 Å². The van der Waals surface area contributed by atoms with Crippen LogP contribution in [0.4, 0.5) is 0 Å². The Kier molecular flexibility index (Phi) is 2.24. The summed E-state index contributed by atoms with van der Waals surface area (Å²) in [5, 5.41) is 0. The van der Waals surface area contributed by atoms with Crippen LogP contribution in [0.3, 0.4) is 0 Å². The van der Waals surface area contributed by atoms with Crippen LogP contribution in [0.15, 0.2) is 30.3 Å². The van der Waals surface area contributed by atoms with Crippen LogP contribution in [-0.2, 0) is 0 Å². The number of aromatic nitrogens is 2. The maximum absolute atomic E-state index is 11.0. The van der Waals surface area contributed by atoms with Gasteiger partial charge in [0.25, 0.3) is 5.91 Å². The maximum atomic E-state index is 11.0. The van der Waals surface area contributed by atoms with Gasteiger partial charge in [0.05, 0.1) is 11.7 Å². The fourth-order valence-electron chi connectivity index (χ4n) is 1.14. The number of benzene rings is 1. The summed E-state index contributed by atoms with van der Waals surface area (Å²) in [4.78, 5) is 11.0. The van der Waals surface area contributed by atoms with Crippen molar-refractivity contribution >= 4 is 17.6 Å². The Bertz CT molecular complexity index is 452. The van der Waals surface area contributed by atoms with Crippen LogP contribution < -0.4 is 5.73 Å². The molecule has 0 atom stereocenters. The summed E-state index contributed by atoms with van der Waals surface area (Å²) in [7, 11) is 0. The van der Waals surface area contributed by atoms with Crippen LogP contribution in [0, 0.1) is 0 Å². The third-order valence-corrected chi connectivity index (χ3v) is 2.30. The van der Waals surface area contributed by atoms with E-state index < -0.39 is 5.91 Å². The number of hydrogen-bond acceptors (Lipinski definition) is 4. The van der Waals surface area contributed by atoms with Crippen molar-refractivity contribution in [2.75, 3.05) is 0 Å². The standard InChI is InChI=1S/C9H7N3OS/c10-9(13)8-7(11-14-12-8)6-4-2-1-3-5-6/h1-5H,(H2,10,13). The number of nitrogens with two attached hydrogens (primary N) is 1. The minimum Gasteiger partial charge on any atom is -0.364 e. The second-order valence-electron chi connectivity index (χ2n) is 2.69. The molecule has 1 aromatic carbocycles. The van der Waals surface area contributed by atoms with Gasteiger partial charge in [-0.25, -0.2) is 0 Å². The molecule has 0 spiro atoms. The molecule has 0 aliphatic rings. The average molecular weight is 205 g/mol. The van der Waals surface area contributed by atoms with Crippen LogP contribution in [0.25, 0.3) is 11.3 Å². The smallest absolute Gasteiger partial charge is 0.270 e. The molecule has 0 saturated heterocycles. The summed E-state index contributed by atoms with van der Waals surface area (Å²) < 4.78 is 7.89. The zero-order valence-electron chi connectivity index (χ0n) is 7.18. The van der Waals surface area contributed by atoms with Gasteiger partial charge >= 0.3 is 0 Å². The van der Waals surface area contributed by atoms with Gasteiger partial charge in [-0.05, 0) is 0 Å². The highest BCUT2D eigenvalue weighted by Crippen LogP contribution is 2.20. The summed E-state index contributed by atoms with van der Waals surface area (Å²) >= 11 is 0.989. The molecule has 2 aromatic rings. The first-order valence-corrected chi connectivity index (χ1v) is 4.70. The first-order chi connectivity index (χ1) is 6.79. The van der Waals surface area contributed by atoms with Gasteiger partial charge in [-0.3, -0.25) is 4.79 Å². The molecule has 0 radical (unpaired) electrons. The highest BCUT2D eigenvalue weighted by Gasteiger charge is 2.14. The summed E-state index contributed by atoms with van der Waals surface area (Å²) in [5.74, 6) is -0.544. The van der Waals surface area contributed by atoms with Crippen LogP contribution in [0.1, 0.15) is 10.5 Å². The highest BCUT2D eigenvalue weighted by atomic mass is 32.1. The van der Waals surface area contributed by atoms with Gasteiger partial charge < -0.3 is 5.73 Å². The molecular formula is C9H7N3OS. The highest BCUT2D eigenvalue weighted by molar-refractivity contribution is 6.99. The van der Waals surface area contributed by atoms with Crippen molar-refractivity contribution in [2.45, 2.75) is 0 Å². The van der Waals surface area contributed by atoms with E-state index in [-0.39, 0.29) is 5.69 Å². The van der Waals surface area contributed by atoms with Crippen molar-refractivity contribution in [2.24, 2.45) is 5.73 Å². The molecule has 0 bridgehead atoms. The molecule has 0 fully saturated rings. The Balaban J connectivity index is 2.52. The molecule has 2 rings (SSSR count). The second kappa shape index (κ2) is 3.55. The lowest BCUT2D eigenvalue weighted by Crippen LogP contribution is -2.12. The zero-order chi connectivity index (χ0) is 9.97. The number of carbonyl (C=O) groups is 1. The van der Waals surface area contributed by atoms with E-state index in [0.29, 0.717) is 5.69 Å². The number of carbonyl (C=O) groups excluding carboxylic acids is 1. The number of amides is 1. The maximum Gasteiger partial charge on any atom is 0.270 e. The van der Waals surface area contributed by atoms with Crippen molar-refractivity contribution in [3.8, 4) is 11.3 Å². The minimum absolute atomic E-state index is 0.237. The number of hydrogen-bond donors (Lipinski definition) is 1. The molecule has 14 heavy (non-hydrogen) atoms. The minimum atomic E-state index is -0.544. The van der Waals surface area contributed by atoms with E-state index in [0.717, 1.165) is 17.3 Å². The lowest BCUT2D eigenvalue weighted by atomic mass is 10.1. The zero-order valence-corrected chi connectivity index (χ0v) is 7.99. The molecule has 0 aliphatic heterocycles. The molecular weight excluding hydrogens is 198 g/mol. The lowest BCUT2D eigenvalue weighted by Gasteiger charge is -1.96. The third-order valence-electron chi connectivity index (χ3n) is 1.77. The normalized spacial score (nSPS) is 10.0. The molecule has 4 nitrogen and oxygen atoms in total. The molecule has 1 heterocycles. The molecule has 1 amide bonds. The Morgan fingerprint density at radius 1 is 1.21 bits per heavy atom. The lowest BCUT2D eigenvalue weighted by molar-refractivity contribution is 0.0997. The Morgan fingerprint density at radius 3 is 2.57 bits per heavy atom. The summed E-state index contributed by atoms with van der Waals surface area (Å²) in [6.45, 7) is 0. The molecule has 2 N–H and O–H groups in total. The Morgan fingerprint density at radius 2 is 1.93 bits per heavy atom. The quantitative estimate of drug-likeness (QED) is 0.803. The van der Waals surface area contributed by atoms with E-state index >= 15 is 0 Å². The van der Waals surface area contributed by atoms with Gasteiger partial charge in [0.2, 0.25) is 0 Å². The predicted molar refractivity (Wildman–Crippen MR) is 53.9 cm³/mol. The number of nitrogens with zero attached hydrogens (tertiary/aromatic N) is 2. The molecule has 0 aliphatic carbocycles. The molecule has 1 aromatic heterocycles. The monoisotopic (exact) mass is 205 g/mol. The third kappa shape index (κ3) is 1.49. The average Bonchev–Trinajstić information content (AvgIpc) is 2.67. The fraction of sp³-hybridized carbons (Fsp3) is 0. The van der Waals surface area contributed by atoms with Crippen LogP contribution in [0.2, 0.25) is 0 Å². The largest absolute Gasteiger partial charge is 0.364 e. The van der Waals surface area contributed by atoms with Gasteiger partial charge in [0, 0.05) is 5.56 Å². The molecule has 5 heteroatoms. The van der Waals surface area contributed by atoms with Crippen LogP contribution in [-0.4, -0.2) is 14.7 Å². The van der Waals surface area contributed by atoms with Crippen LogP contribution in [0.5, 0.6) is 0 Å². The van der Waals surface area contributed by atoms with Gasteiger partial charge in [0.15, 0.2) is 5.69 Å². The number of rotatable bonds is 2. The van der Waals surface area contributed by atoms with Crippen molar-refractivity contribution in [1.82, 2.24) is 8.75 Å². The van der Waals surface area contributed by atoms with Crippen molar-refractivity contribution < 1.29 is 4.79 Å². The Hall–Kier alpha value is -1.75. The summed E-state index contributed by atoms with van der Waals surface area (Å²) in [6.07, 6.45) is 0. The van der Waals surface area contributed by atoms with Gasteiger partial charge in [-0.1, -0.05) is 30.3 Å². The fourth-order valence-corrected chi connectivity index (χ4v) is 1.71. The van der Waals surface area contributed by atoms with E-state index in [4.69, 9.17) is 5.73 Å². The van der Waals surface area contributed by atoms with Crippen molar-refractivity contribution in [3.63, 3.8) is 0 Å². The topological polar surface area (TPSA) is 68.9 Å². The van der Waals surface area contributed by atoms with E-state index in [9.17, 15) is 4.79 Å². The molecule has 70 valence electrons. The second-order valence-corrected chi connectivity index (χ2v) is 3.22. The SMILES string of the molecule is NC(=O)c1nsnc1-c1ccccc1. The van der Waals surface area contributed by atoms with Gasteiger partial charge in [-0.15, -0.1) is 0 Å². The first kappa shape index (κ1) is 8.83. The van der Waals surface area contributed by atoms with Gasteiger partial charge in [0.1, 0.15) is 5.69 Å². The summed E-state index contributed by atoms with van der Waals surface area (Å²) in [5.41, 5.74) is 6.81. The number of primary amides is 1. The Labute approximate surface area is 84.7 Å². The van der Waals surface area contributed by atoms with Crippen molar-refractivity contribution in [3.05, 3.63) is 36.0 Å². The first-order valence-electron chi connectivity index (χ1n) is 3.97. The predicted octanol–water partition coefficient (Wildman–Crippen LogP) is 1.30. The molecule has 0 unspecified atom stereocenters. The summed E-state index contributed by atoms with van der Waals surface area (Å²) in [6, 6.07) is 9.37. The van der Waals surface area contributed by atoms with Crippen LogP contribution >= 0.6 is 11.7 Å². The van der Waals surface area contributed by atoms with E-state index in [1.807, 2.05) is 30.3 Å². The molecule has 0 saturated carbocycles. The van der Waals surface area contributed by atoms with Crippen molar-refractivity contribution in [1.29, 1.82) is 0 Å². The van der Waals surface area contributed by atoms with E-state index in [1.165, 1.54) is 0 Å². The van der Waals surface area contributed by atoms with Gasteiger partial charge in [-0.2, -0.15) is 8.75 Å².